The topological polar surface area (TPSA) is 38.5 Å². The molecule has 0 aliphatic heterocycles. The molecule has 1 unspecified atom stereocenters. The lowest BCUT2D eigenvalue weighted by Crippen LogP contribution is -2.30. The van der Waals surface area contributed by atoms with Gasteiger partial charge in [-0.05, 0) is 25.3 Å². The summed E-state index contributed by atoms with van der Waals surface area (Å²) in [6, 6.07) is 6.33. The molecule has 96 valence electrons. The second-order valence-corrected chi connectivity index (χ2v) is 5.05. The van der Waals surface area contributed by atoms with E-state index in [1.165, 1.54) is 0 Å². The van der Waals surface area contributed by atoms with Crippen molar-refractivity contribution in [1.29, 1.82) is 0 Å². The number of nitrogens with zero attached hydrogens (tertiary/aromatic N) is 1. The third-order valence-electron chi connectivity index (χ3n) is 3.03. The van der Waals surface area contributed by atoms with Crippen LogP contribution in [0.1, 0.15) is 27.2 Å². The van der Waals surface area contributed by atoms with Crippen LogP contribution >= 0.6 is 0 Å². The second-order valence-electron chi connectivity index (χ2n) is 5.05. The van der Waals surface area contributed by atoms with Crippen molar-refractivity contribution in [3.05, 3.63) is 18.2 Å². The number of hydrogen-bond acceptors (Lipinski definition) is 3. The first-order valence-electron chi connectivity index (χ1n) is 6.11. The summed E-state index contributed by atoms with van der Waals surface area (Å²) in [6.45, 7) is 6.71. The van der Waals surface area contributed by atoms with E-state index in [1.54, 1.807) is 7.11 Å². The first kappa shape index (κ1) is 13.7. The third-order valence-corrected chi connectivity index (χ3v) is 3.03. The van der Waals surface area contributed by atoms with Crippen molar-refractivity contribution in [1.82, 2.24) is 0 Å². The van der Waals surface area contributed by atoms with Gasteiger partial charge in [-0.2, -0.15) is 0 Å². The van der Waals surface area contributed by atoms with Gasteiger partial charge in [-0.3, -0.25) is 0 Å². The number of rotatable bonds is 5. The Kier molecular flexibility index (Phi) is 4.67. The van der Waals surface area contributed by atoms with Crippen LogP contribution in [0.5, 0.6) is 5.75 Å². The summed E-state index contributed by atoms with van der Waals surface area (Å²) in [5.74, 6) is 1.50. The molecule has 0 saturated heterocycles. The summed E-state index contributed by atoms with van der Waals surface area (Å²) in [5.41, 5.74) is 7.71. The molecule has 1 rings (SSSR count). The van der Waals surface area contributed by atoms with Crippen LogP contribution in [-0.2, 0) is 0 Å². The van der Waals surface area contributed by atoms with Gasteiger partial charge in [0, 0.05) is 36.6 Å². The predicted molar refractivity (Wildman–Crippen MR) is 74.7 cm³/mol. The largest absolute Gasteiger partial charge is 0.497 e. The third kappa shape index (κ3) is 3.84. The van der Waals surface area contributed by atoms with Crippen molar-refractivity contribution in [2.75, 3.05) is 24.8 Å². The monoisotopic (exact) mass is 236 g/mol. The highest BCUT2D eigenvalue weighted by Crippen LogP contribution is 2.27. The fourth-order valence-corrected chi connectivity index (χ4v) is 2.02. The van der Waals surface area contributed by atoms with Gasteiger partial charge in [-0.1, -0.05) is 13.8 Å². The van der Waals surface area contributed by atoms with Crippen molar-refractivity contribution in [3.63, 3.8) is 0 Å². The van der Waals surface area contributed by atoms with E-state index in [0.717, 1.165) is 23.5 Å². The van der Waals surface area contributed by atoms with Gasteiger partial charge >= 0.3 is 0 Å². The van der Waals surface area contributed by atoms with E-state index in [4.69, 9.17) is 10.5 Å². The highest BCUT2D eigenvalue weighted by Gasteiger charge is 2.13. The molecule has 0 spiro atoms. The quantitative estimate of drug-likeness (QED) is 0.798. The molecule has 0 aliphatic carbocycles. The SMILES string of the molecule is COc1cc(N)cc(N(C)C(C)CC(C)C)c1. The lowest BCUT2D eigenvalue weighted by molar-refractivity contribution is 0.414. The van der Waals surface area contributed by atoms with E-state index < -0.39 is 0 Å². The van der Waals surface area contributed by atoms with Crippen molar-refractivity contribution in [2.45, 2.75) is 33.2 Å². The summed E-state index contributed by atoms with van der Waals surface area (Å²) in [5, 5.41) is 0. The second kappa shape index (κ2) is 5.80. The van der Waals surface area contributed by atoms with E-state index >= 15 is 0 Å². The number of hydrogen-bond donors (Lipinski definition) is 1. The number of anilines is 2. The van der Waals surface area contributed by atoms with E-state index in [9.17, 15) is 0 Å². The maximum absolute atomic E-state index is 5.87. The molecule has 0 aromatic heterocycles. The Hall–Kier alpha value is -1.38. The minimum Gasteiger partial charge on any atom is -0.497 e. The fourth-order valence-electron chi connectivity index (χ4n) is 2.02. The van der Waals surface area contributed by atoms with Crippen LogP contribution in [0.15, 0.2) is 18.2 Å². The molecular weight excluding hydrogens is 212 g/mol. The zero-order valence-electron chi connectivity index (χ0n) is 11.5. The maximum Gasteiger partial charge on any atom is 0.122 e. The first-order valence-corrected chi connectivity index (χ1v) is 6.11. The molecule has 1 aromatic carbocycles. The Bertz CT molecular complexity index is 363. The van der Waals surface area contributed by atoms with Crippen LogP contribution in [0.2, 0.25) is 0 Å². The number of ether oxygens (including phenoxy) is 1. The summed E-state index contributed by atoms with van der Waals surface area (Å²) in [6.07, 6.45) is 1.16. The number of benzene rings is 1. The van der Waals surface area contributed by atoms with Crippen LogP contribution in [0, 0.1) is 5.92 Å². The van der Waals surface area contributed by atoms with Crippen molar-refractivity contribution >= 4 is 11.4 Å². The van der Waals surface area contributed by atoms with Crippen LogP contribution < -0.4 is 15.4 Å². The zero-order chi connectivity index (χ0) is 13.0. The molecule has 3 nitrogen and oxygen atoms in total. The first-order chi connectivity index (χ1) is 7.93. The van der Waals surface area contributed by atoms with E-state index in [1.807, 2.05) is 18.2 Å². The molecule has 0 radical (unpaired) electrons. The molecule has 17 heavy (non-hydrogen) atoms. The van der Waals surface area contributed by atoms with Crippen LogP contribution in [0.4, 0.5) is 11.4 Å². The number of nitrogen functional groups attached to an aromatic ring is 1. The van der Waals surface area contributed by atoms with Gasteiger partial charge in [0.05, 0.1) is 7.11 Å². The Labute approximate surface area is 105 Å². The van der Waals surface area contributed by atoms with E-state index in [-0.39, 0.29) is 0 Å². The van der Waals surface area contributed by atoms with Gasteiger partial charge in [-0.25, -0.2) is 0 Å². The van der Waals surface area contributed by atoms with Gasteiger partial charge in [0.15, 0.2) is 0 Å². The van der Waals surface area contributed by atoms with Gasteiger partial charge < -0.3 is 15.4 Å². The lowest BCUT2D eigenvalue weighted by atomic mass is 10.0. The summed E-state index contributed by atoms with van der Waals surface area (Å²) in [4.78, 5) is 2.25. The van der Waals surface area contributed by atoms with Crippen LogP contribution in [0.25, 0.3) is 0 Å². The van der Waals surface area contributed by atoms with Crippen molar-refractivity contribution < 1.29 is 4.74 Å². The average molecular weight is 236 g/mol. The Morgan fingerprint density at radius 3 is 2.41 bits per heavy atom. The Balaban J connectivity index is 2.87. The van der Waals surface area contributed by atoms with Gasteiger partial charge in [-0.15, -0.1) is 0 Å². The molecule has 3 heteroatoms. The Morgan fingerprint density at radius 2 is 1.88 bits per heavy atom. The molecule has 0 fully saturated rings. The summed E-state index contributed by atoms with van der Waals surface area (Å²) >= 11 is 0. The highest BCUT2D eigenvalue weighted by molar-refractivity contribution is 5.60. The normalized spacial score (nSPS) is 12.6. The zero-order valence-corrected chi connectivity index (χ0v) is 11.5. The Morgan fingerprint density at radius 1 is 1.24 bits per heavy atom. The molecule has 1 atom stereocenters. The lowest BCUT2D eigenvalue weighted by Gasteiger charge is -2.28. The van der Waals surface area contributed by atoms with Crippen LogP contribution in [-0.4, -0.2) is 20.2 Å². The molecule has 0 saturated carbocycles. The molecule has 1 aromatic rings. The minimum atomic E-state index is 0.488. The molecule has 0 bridgehead atoms. The average Bonchev–Trinajstić information content (AvgIpc) is 2.26. The summed E-state index contributed by atoms with van der Waals surface area (Å²) in [7, 11) is 3.76. The number of methoxy groups -OCH3 is 1. The van der Waals surface area contributed by atoms with Crippen molar-refractivity contribution in [3.8, 4) is 5.75 Å². The standard InChI is InChI=1S/C14H24N2O/c1-10(2)6-11(3)16(4)13-7-12(15)8-14(9-13)17-5/h7-11H,6,15H2,1-5H3. The molecule has 0 heterocycles. The highest BCUT2D eigenvalue weighted by atomic mass is 16.5. The van der Waals surface area contributed by atoms with Crippen molar-refractivity contribution in [2.24, 2.45) is 5.92 Å². The van der Waals surface area contributed by atoms with Crippen LogP contribution in [0.3, 0.4) is 0 Å². The van der Waals surface area contributed by atoms with Gasteiger partial charge in [0.2, 0.25) is 0 Å². The van der Waals surface area contributed by atoms with E-state index in [0.29, 0.717) is 12.0 Å². The molecule has 0 aliphatic rings. The maximum atomic E-state index is 5.87. The van der Waals surface area contributed by atoms with E-state index in [2.05, 4.69) is 32.7 Å². The fraction of sp³-hybridized carbons (Fsp3) is 0.571. The molecular formula is C14H24N2O. The smallest absolute Gasteiger partial charge is 0.122 e. The van der Waals surface area contributed by atoms with Gasteiger partial charge in [0.1, 0.15) is 5.75 Å². The number of nitrogens with two attached hydrogens (primary N) is 1. The predicted octanol–water partition coefficient (Wildman–Crippen LogP) is 3.15. The summed E-state index contributed by atoms with van der Waals surface area (Å²) < 4.78 is 5.24. The minimum absolute atomic E-state index is 0.488. The molecule has 2 N–H and O–H groups in total. The molecule has 0 amide bonds. The van der Waals surface area contributed by atoms with Gasteiger partial charge in [0.25, 0.3) is 0 Å².